The van der Waals surface area contributed by atoms with Crippen LogP contribution in [0.2, 0.25) is 0 Å². The highest BCUT2D eigenvalue weighted by Crippen LogP contribution is 2.21. The molecule has 0 fully saturated rings. The van der Waals surface area contributed by atoms with E-state index in [2.05, 4.69) is 14.8 Å². The fourth-order valence-electron chi connectivity index (χ4n) is 2.44. The summed E-state index contributed by atoms with van der Waals surface area (Å²) in [5.41, 5.74) is 2.45. The standard InChI is InChI=1S/C18H23N3O5S2/c1-13-4-8-15(12-17(13)21-27(3,23)24)20-18(22)11-7-14-5-9-16(10-6-14)28(25,26)19-2/h4-6,8-10,12,19,21H,7,11H2,1-3H3,(H,20,22). The van der Waals surface area contributed by atoms with Gasteiger partial charge in [-0.25, -0.2) is 21.6 Å². The van der Waals surface area contributed by atoms with Crippen LogP contribution >= 0.6 is 0 Å². The quantitative estimate of drug-likeness (QED) is 0.596. The first kappa shape index (κ1) is 21.9. The van der Waals surface area contributed by atoms with Crippen LogP contribution in [0.1, 0.15) is 17.5 Å². The second-order valence-corrected chi connectivity index (χ2v) is 9.94. The molecule has 2 rings (SSSR count). The highest BCUT2D eigenvalue weighted by Gasteiger charge is 2.11. The molecule has 0 atom stereocenters. The SMILES string of the molecule is CNS(=O)(=O)c1ccc(CCC(=O)Nc2ccc(C)c(NS(C)(=O)=O)c2)cc1. The first-order valence-corrected chi connectivity index (χ1v) is 11.8. The topological polar surface area (TPSA) is 121 Å². The predicted octanol–water partition coefficient (Wildman–Crippen LogP) is 1.85. The van der Waals surface area contributed by atoms with E-state index in [0.717, 1.165) is 17.4 Å². The fourth-order valence-corrected chi connectivity index (χ4v) is 3.79. The molecule has 152 valence electrons. The third-order valence-electron chi connectivity index (χ3n) is 3.96. The van der Waals surface area contributed by atoms with Crippen molar-refractivity contribution in [1.82, 2.24) is 4.72 Å². The highest BCUT2D eigenvalue weighted by atomic mass is 32.2. The second-order valence-electron chi connectivity index (χ2n) is 6.30. The van der Waals surface area contributed by atoms with E-state index in [-0.39, 0.29) is 17.2 Å². The molecular weight excluding hydrogens is 402 g/mol. The van der Waals surface area contributed by atoms with Crippen molar-refractivity contribution in [2.45, 2.75) is 24.7 Å². The average Bonchev–Trinajstić information content (AvgIpc) is 2.62. The van der Waals surface area contributed by atoms with Crippen molar-refractivity contribution in [3.63, 3.8) is 0 Å². The molecule has 0 aliphatic rings. The largest absolute Gasteiger partial charge is 0.326 e. The lowest BCUT2D eigenvalue weighted by atomic mass is 10.1. The molecule has 3 N–H and O–H groups in total. The number of benzene rings is 2. The normalized spacial score (nSPS) is 11.8. The Kier molecular flexibility index (Phi) is 6.81. The van der Waals surface area contributed by atoms with Gasteiger partial charge in [-0.1, -0.05) is 18.2 Å². The van der Waals surface area contributed by atoms with Crippen LogP contribution in [0, 0.1) is 6.92 Å². The molecule has 0 saturated carbocycles. The molecule has 0 aromatic heterocycles. The molecule has 0 unspecified atom stereocenters. The Bertz CT molecular complexity index is 1060. The number of hydrogen-bond donors (Lipinski definition) is 3. The van der Waals surface area contributed by atoms with Gasteiger partial charge in [-0.3, -0.25) is 9.52 Å². The first-order valence-electron chi connectivity index (χ1n) is 8.41. The zero-order valence-corrected chi connectivity index (χ0v) is 17.4. The Balaban J connectivity index is 1.98. The van der Waals surface area contributed by atoms with Crippen molar-refractivity contribution in [1.29, 1.82) is 0 Å². The lowest BCUT2D eigenvalue weighted by Gasteiger charge is -2.11. The number of anilines is 2. The highest BCUT2D eigenvalue weighted by molar-refractivity contribution is 7.92. The fraction of sp³-hybridized carbons (Fsp3) is 0.278. The van der Waals surface area contributed by atoms with Gasteiger partial charge in [0.2, 0.25) is 26.0 Å². The third-order valence-corrected chi connectivity index (χ3v) is 5.98. The number of aryl methyl sites for hydroxylation is 2. The third kappa shape index (κ3) is 6.32. The van der Waals surface area contributed by atoms with Gasteiger partial charge in [-0.15, -0.1) is 0 Å². The monoisotopic (exact) mass is 425 g/mol. The van der Waals surface area contributed by atoms with Crippen molar-refractivity contribution in [2.75, 3.05) is 23.3 Å². The summed E-state index contributed by atoms with van der Waals surface area (Å²) in [6, 6.07) is 11.3. The van der Waals surface area contributed by atoms with Crippen molar-refractivity contribution < 1.29 is 21.6 Å². The zero-order valence-electron chi connectivity index (χ0n) is 15.8. The molecular formula is C18H23N3O5S2. The molecule has 8 nitrogen and oxygen atoms in total. The van der Waals surface area contributed by atoms with Crippen LogP contribution in [0.3, 0.4) is 0 Å². The summed E-state index contributed by atoms with van der Waals surface area (Å²) in [6.07, 6.45) is 1.69. The summed E-state index contributed by atoms with van der Waals surface area (Å²) in [4.78, 5) is 12.3. The number of rotatable bonds is 8. The number of carbonyl (C=O) groups is 1. The van der Waals surface area contributed by atoms with E-state index in [4.69, 9.17) is 0 Å². The molecule has 10 heteroatoms. The molecule has 0 bridgehead atoms. The summed E-state index contributed by atoms with van der Waals surface area (Å²) in [5, 5.41) is 2.73. The van der Waals surface area contributed by atoms with Crippen LogP contribution in [0.4, 0.5) is 11.4 Å². The number of amides is 1. The first-order chi connectivity index (χ1) is 13.0. The maximum Gasteiger partial charge on any atom is 0.240 e. The predicted molar refractivity (Wildman–Crippen MR) is 109 cm³/mol. The van der Waals surface area contributed by atoms with Crippen LogP contribution in [0.25, 0.3) is 0 Å². The van der Waals surface area contributed by atoms with Crippen LogP contribution < -0.4 is 14.8 Å². The van der Waals surface area contributed by atoms with Gasteiger partial charge in [0.15, 0.2) is 0 Å². The molecule has 0 spiro atoms. The minimum atomic E-state index is -3.49. The molecule has 0 aliphatic heterocycles. The number of carbonyl (C=O) groups excluding carboxylic acids is 1. The van der Waals surface area contributed by atoms with E-state index >= 15 is 0 Å². The lowest BCUT2D eigenvalue weighted by molar-refractivity contribution is -0.116. The van der Waals surface area contributed by atoms with Gasteiger partial charge < -0.3 is 5.32 Å². The van der Waals surface area contributed by atoms with Crippen molar-refractivity contribution in [2.24, 2.45) is 0 Å². The Morgan fingerprint density at radius 3 is 2.21 bits per heavy atom. The number of sulfonamides is 2. The van der Waals surface area contributed by atoms with Crippen LogP contribution in [-0.4, -0.2) is 36.0 Å². The summed E-state index contributed by atoms with van der Waals surface area (Å²) < 4.78 is 50.9. The van der Waals surface area contributed by atoms with Gasteiger partial charge in [0.25, 0.3) is 0 Å². The van der Waals surface area contributed by atoms with Crippen molar-refractivity contribution in [3.8, 4) is 0 Å². The van der Waals surface area contributed by atoms with Gasteiger partial charge in [-0.2, -0.15) is 0 Å². The molecule has 0 radical (unpaired) electrons. The molecule has 0 saturated heterocycles. The van der Waals surface area contributed by atoms with Crippen molar-refractivity contribution in [3.05, 3.63) is 53.6 Å². The van der Waals surface area contributed by atoms with E-state index in [0.29, 0.717) is 17.8 Å². The minimum absolute atomic E-state index is 0.161. The lowest BCUT2D eigenvalue weighted by Crippen LogP contribution is -2.18. The van der Waals surface area contributed by atoms with E-state index in [1.807, 2.05) is 0 Å². The second kappa shape index (κ2) is 8.72. The van der Waals surface area contributed by atoms with Gasteiger partial charge >= 0.3 is 0 Å². The maximum atomic E-state index is 12.2. The smallest absolute Gasteiger partial charge is 0.240 e. The molecule has 1 amide bonds. The Hall–Kier alpha value is -2.43. The van der Waals surface area contributed by atoms with Crippen LogP contribution in [0.15, 0.2) is 47.4 Å². The van der Waals surface area contributed by atoms with E-state index < -0.39 is 20.0 Å². The molecule has 2 aromatic rings. The molecule has 0 heterocycles. The summed E-state index contributed by atoms with van der Waals surface area (Å²) >= 11 is 0. The van der Waals surface area contributed by atoms with Gasteiger partial charge in [0, 0.05) is 12.1 Å². The number of hydrogen-bond acceptors (Lipinski definition) is 5. The Morgan fingerprint density at radius 1 is 1.00 bits per heavy atom. The van der Waals surface area contributed by atoms with Gasteiger partial charge in [0.1, 0.15) is 0 Å². The Morgan fingerprint density at radius 2 is 1.64 bits per heavy atom. The number of nitrogens with one attached hydrogen (secondary N) is 3. The van der Waals surface area contributed by atoms with E-state index in [1.165, 1.54) is 19.2 Å². The van der Waals surface area contributed by atoms with Crippen LogP contribution in [0.5, 0.6) is 0 Å². The van der Waals surface area contributed by atoms with Crippen LogP contribution in [-0.2, 0) is 31.3 Å². The minimum Gasteiger partial charge on any atom is -0.326 e. The van der Waals surface area contributed by atoms with E-state index in [1.54, 1.807) is 37.3 Å². The van der Waals surface area contributed by atoms with Gasteiger partial charge in [-0.05, 0) is 55.8 Å². The summed E-state index contributed by atoms with van der Waals surface area (Å²) in [5.74, 6) is -0.235. The summed E-state index contributed by atoms with van der Waals surface area (Å²) in [7, 11) is -5.56. The maximum absolute atomic E-state index is 12.2. The van der Waals surface area contributed by atoms with E-state index in [9.17, 15) is 21.6 Å². The molecule has 0 aliphatic carbocycles. The Labute approximate surface area is 165 Å². The van der Waals surface area contributed by atoms with Gasteiger partial charge in [0.05, 0.1) is 16.8 Å². The van der Waals surface area contributed by atoms with Crippen molar-refractivity contribution >= 4 is 37.3 Å². The molecule has 2 aromatic carbocycles. The average molecular weight is 426 g/mol. The molecule has 28 heavy (non-hydrogen) atoms. The summed E-state index contributed by atoms with van der Waals surface area (Å²) in [6.45, 7) is 1.76. The zero-order chi connectivity index (χ0) is 20.9.